The normalized spacial score (nSPS) is 19.6. The third-order valence-electron chi connectivity index (χ3n) is 4.23. The van der Waals surface area contributed by atoms with Crippen molar-refractivity contribution in [2.45, 2.75) is 45.5 Å². The molecule has 21 heavy (non-hydrogen) atoms. The van der Waals surface area contributed by atoms with Crippen LogP contribution in [-0.4, -0.2) is 36.5 Å². The Balaban J connectivity index is 2.36. The van der Waals surface area contributed by atoms with Crippen LogP contribution in [0.4, 0.5) is 0 Å². The standard InChI is InChI=1S/C15H21BO5/c1-14(2)15(3,4)21-16(20-14)11-7-6-10(9-17)12(8-11)13(18)19-5/h6-8,17H,9H2,1-5H3. The minimum atomic E-state index is -0.550. The SMILES string of the molecule is COC(=O)c1cc(B2OC(C)(C)C(C)(C)O2)ccc1CO. The lowest BCUT2D eigenvalue weighted by Gasteiger charge is -2.32. The molecule has 1 fully saturated rings. The topological polar surface area (TPSA) is 65.0 Å². The zero-order chi connectivity index (χ0) is 15.8. The lowest BCUT2D eigenvalue weighted by atomic mass is 9.77. The van der Waals surface area contributed by atoms with Crippen LogP contribution in [0.15, 0.2) is 18.2 Å². The summed E-state index contributed by atoms with van der Waals surface area (Å²) in [6, 6.07) is 5.13. The molecule has 2 rings (SSSR count). The summed E-state index contributed by atoms with van der Waals surface area (Å²) >= 11 is 0. The van der Waals surface area contributed by atoms with E-state index >= 15 is 0 Å². The van der Waals surface area contributed by atoms with Gasteiger partial charge in [0.2, 0.25) is 0 Å². The number of rotatable bonds is 3. The molecule has 1 aliphatic heterocycles. The first-order valence-electron chi connectivity index (χ1n) is 6.89. The monoisotopic (exact) mass is 292 g/mol. The number of esters is 1. The van der Waals surface area contributed by atoms with E-state index in [4.69, 9.17) is 14.0 Å². The van der Waals surface area contributed by atoms with Crippen LogP contribution in [0.3, 0.4) is 0 Å². The van der Waals surface area contributed by atoms with Gasteiger partial charge >= 0.3 is 13.1 Å². The highest BCUT2D eigenvalue weighted by atomic mass is 16.7. The number of methoxy groups -OCH3 is 1. The number of aliphatic hydroxyl groups excluding tert-OH is 1. The second-order valence-corrected chi connectivity index (χ2v) is 6.15. The molecule has 0 spiro atoms. The fourth-order valence-corrected chi connectivity index (χ4v) is 2.16. The molecule has 0 aromatic heterocycles. The van der Waals surface area contributed by atoms with Gasteiger partial charge in [-0.25, -0.2) is 4.79 Å². The first-order chi connectivity index (χ1) is 9.71. The van der Waals surface area contributed by atoms with Gasteiger partial charge < -0.3 is 19.2 Å². The molecule has 6 heteroatoms. The summed E-state index contributed by atoms with van der Waals surface area (Å²) in [7, 11) is 0.761. The van der Waals surface area contributed by atoms with E-state index in [0.717, 1.165) is 5.46 Å². The quantitative estimate of drug-likeness (QED) is 0.671. The molecule has 1 aliphatic rings. The van der Waals surface area contributed by atoms with Gasteiger partial charge in [0.1, 0.15) is 0 Å². The molecule has 1 heterocycles. The molecule has 1 aromatic rings. The second-order valence-electron chi connectivity index (χ2n) is 6.15. The van der Waals surface area contributed by atoms with Crippen LogP contribution in [-0.2, 0) is 20.7 Å². The van der Waals surface area contributed by atoms with Gasteiger partial charge in [-0.2, -0.15) is 0 Å². The number of hydrogen-bond acceptors (Lipinski definition) is 5. The number of hydrogen-bond donors (Lipinski definition) is 1. The molecule has 0 unspecified atom stereocenters. The van der Waals surface area contributed by atoms with E-state index in [-0.39, 0.29) is 6.61 Å². The highest BCUT2D eigenvalue weighted by molar-refractivity contribution is 6.62. The van der Waals surface area contributed by atoms with Gasteiger partial charge in [0, 0.05) is 0 Å². The maximum atomic E-state index is 11.8. The van der Waals surface area contributed by atoms with Crippen LogP contribution in [0, 0.1) is 0 Å². The minimum absolute atomic E-state index is 0.228. The van der Waals surface area contributed by atoms with E-state index in [0.29, 0.717) is 11.1 Å². The Kier molecular flexibility index (Phi) is 4.15. The minimum Gasteiger partial charge on any atom is -0.465 e. The third-order valence-corrected chi connectivity index (χ3v) is 4.23. The van der Waals surface area contributed by atoms with Crippen molar-refractivity contribution >= 4 is 18.6 Å². The molecule has 0 bridgehead atoms. The van der Waals surface area contributed by atoms with Crippen LogP contribution >= 0.6 is 0 Å². The van der Waals surface area contributed by atoms with Gasteiger partial charge in [-0.3, -0.25) is 0 Å². The van der Waals surface area contributed by atoms with Crippen molar-refractivity contribution < 1.29 is 23.9 Å². The number of benzene rings is 1. The Morgan fingerprint density at radius 3 is 2.29 bits per heavy atom. The van der Waals surface area contributed by atoms with Crippen LogP contribution < -0.4 is 5.46 Å². The molecule has 0 radical (unpaired) electrons. The first kappa shape index (κ1) is 16.0. The second kappa shape index (κ2) is 5.44. The predicted octanol–water partition coefficient (Wildman–Crippen LogP) is 1.26. The predicted molar refractivity (Wildman–Crippen MR) is 79.4 cm³/mol. The van der Waals surface area contributed by atoms with Crippen LogP contribution in [0.2, 0.25) is 0 Å². The van der Waals surface area contributed by atoms with Crippen molar-refractivity contribution in [2.24, 2.45) is 0 Å². The van der Waals surface area contributed by atoms with Crippen LogP contribution in [0.25, 0.3) is 0 Å². The maximum absolute atomic E-state index is 11.8. The average Bonchev–Trinajstić information content (AvgIpc) is 2.66. The van der Waals surface area contributed by atoms with Crippen molar-refractivity contribution in [3.8, 4) is 0 Å². The number of ether oxygens (including phenoxy) is 1. The molecule has 1 N–H and O–H groups in total. The summed E-state index contributed by atoms with van der Waals surface area (Å²) in [5.41, 5.74) is 0.679. The molecular formula is C15H21BO5. The van der Waals surface area contributed by atoms with E-state index < -0.39 is 24.3 Å². The maximum Gasteiger partial charge on any atom is 0.494 e. The molecule has 1 saturated heterocycles. The summed E-state index contributed by atoms with van der Waals surface area (Å²) in [6.07, 6.45) is 0. The van der Waals surface area contributed by atoms with Gasteiger partial charge in [-0.1, -0.05) is 12.1 Å². The molecule has 0 amide bonds. The van der Waals surface area contributed by atoms with Crippen molar-refractivity contribution in [1.29, 1.82) is 0 Å². The Hall–Kier alpha value is -1.37. The van der Waals surface area contributed by atoms with E-state index in [1.165, 1.54) is 7.11 Å². The highest BCUT2D eigenvalue weighted by Crippen LogP contribution is 2.36. The Labute approximate surface area is 125 Å². The molecular weight excluding hydrogens is 271 g/mol. The van der Waals surface area contributed by atoms with Gasteiger partial charge in [0.15, 0.2) is 0 Å². The van der Waals surface area contributed by atoms with Crippen molar-refractivity contribution in [2.75, 3.05) is 7.11 Å². The first-order valence-corrected chi connectivity index (χ1v) is 6.89. The summed E-state index contributed by atoms with van der Waals surface area (Å²) < 4.78 is 16.7. The van der Waals surface area contributed by atoms with E-state index in [2.05, 4.69) is 0 Å². The summed E-state index contributed by atoms with van der Waals surface area (Å²) in [4.78, 5) is 11.8. The number of carbonyl (C=O) groups is 1. The molecule has 0 atom stereocenters. The Bertz CT molecular complexity index is 537. The van der Waals surface area contributed by atoms with E-state index in [1.807, 2.05) is 27.7 Å². The zero-order valence-corrected chi connectivity index (χ0v) is 13.1. The lowest BCUT2D eigenvalue weighted by molar-refractivity contribution is 0.00578. The molecule has 5 nitrogen and oxygen atoms in total. The summed E-state index contributed by atoms with van der Waals surface area (Å²) in [5.74, 6) is -0.489. The molecule has 0 saturated carbocycles. The van der Waals surface area contributed by atoms with Crippen LogP contribution in [0.5, 0.6) is 0 Å². The zero-order valence-electron chi connectivity index (χ0n) is 13.1. The number of aliphatic hydroxyl groups is 1. The largest absolute Gasteiger partial charge is 0.494 e. The molecule has 1 aromatic carbocycles. The average molecular weight is 292 g/mol. The summed E-state index contributed by atoms with van der Waals surface area (Å²) in [5, 5.41) is 9.31. The third kappa shape index (κ3) is 2.84. The Morgan fingerprint density at radius 1 is 1.24 bits per heavy atom. The Morgan fingerprint density at radius 2 is 1.81 bits per heavy atom. The van der Waals surface area contributed by atoms with Crippen molar-refractivity contribution in [3.63, 3.8) is 0 Å². The van der Waals surface area contributed by atoms with E-state index in [9.17, 15) is 9.90 Å². The van der Waals surface area contributed by atoms with E-state index in [1.54, 1.807) is 18.2 Å². The van der Waals surface area contributed by atoms with Crippen LogP contribution in [0.1, 0.15) is 43.6 Å². The van der Waals surface area contributed by atoms with Crippen molar-refractivity contribution in [3.05, 3.63) is 29.3 Å². The molecule has 0 aliphatic carbocycles. The van der Waals surface area contributed by atoms with Gasteiger partial charge in [0.05, 0.1) is 30.5 Å². The smallest absolute Gasteiger partial charge is 0.465 e. The fourth-order valence-electron chi connectivity index (χ4n) is 2.16. The van der Waals surface area contributed by atoms with Gasteiger partial charge in [-0.15, -0.1) is 0 Å². The lowest BCUT2D eigenvalue weighted by Crippen LogP contribution is -2.41. The highest BCUT2D eigenvalue weighted by Gasteiger charge is 2.51. The van der Waals surface area contributed by atoms with Gasteiger partial charge in [0.25, 0.3) is 0 Å². The van der Waals surface area contributed by atoms with Crippen molar-refractivity contribution in [1.82, 2.24) is 0 Å². The fraction of sp³-hybridized carbons (Fsp3) is 0.533. The van der Waals surface area contributed by atoms with Gasteiger partial charge in [-0.05, 0) is 44.8 Å². The number of carbonyl (C=O) groups excluding carboxylic acids is 1. The summed E-state index contributed by atoms with van der Waals surface area (Å²) in [6.45, 7) is 7.65. The molecule has 114 valence electrons.